The predicted molar refractivity (Wildman–Crippen MR) is 102 cm³/mol. The molecule has 0 bridgehead atoms. The van der Waals surface area contributed by atoms with E-state index in [2.05, 4.69) is 12.1 Å². The average molecular weight is 369 g/mol. The standard InChI is InChI=1S/C21H27N3O3/c1-23-19-10-12-24(20(25)15-26-14-17-8-5-13-27-17)11-9-18(19)21(22-23)16-6-3-2-4-7-16/h2-4,6-7,17H,5,8-15H2,1H3. The van der Waals surface area contributed by atoms with Crippen LogP contribution in [0.5, 0.6) is 0 Å². The van der Waals surface area contributed by atoms with Crippen LogP contribution in [0, 0.1) is 0 Å². The minimum Gasteiger partial charge on any atom is -0.376 e. The lowest BCUT2D eigenvalue weighted by molar-refractivity contribution is -0.137. The normalized spacial score (nSPS) is 19.7. The van der Waals surface area contributed by atoms with E-state index in [9.17, 15) is 4.79 Å². The Balaban J connectivity index is 1.39. The number of benzene rings is 1. The van der Waals surface area contributed by atoms with Crippen molar-refractivity contribution >= 4 is 5.91 Å². The van der Waals surface area contributed by atoms with E-state index in [1.54, 1.807) is 0 Å². The predicted octanol–water partition coefficient (Wildman–Crippen LogP) is 2.21. The van der Waals surface area contributed by atoms with Crippen molar-refractivity contribution in [3.63, 3.8) is 0 Å². The third-order valence-corrected chi connectivity index (χ3v) is 5.48. The third-order valence-electron chi connectivity index (χ3n) is 5.48. The number of hydrogen-bond acceptors (Lipinski definition) is 4. The first kappa shape index (κ1) is 18.2. The number of amides is 1. The van der Waals surface area contributed by atoms with E-state index in [1.807, 2.05) is 34.8 Å². The van der Waals surface area contributed by atoms with Crippen molar-refractivity contribution in [1.82, 2.24) is 14.7 Å². The lowest BCUT2D eigenvalue weighted by atomic mass is 10.0. The summed E-state index contributed by atoms with van der Waals surface area (Å²) in [5.41, 5.74) is 4.66. The summed E-state index contributed by atoms with van der Waals surface area (Å²) in [5.74, 6) is 0.0648. The highest BCUT2D eigenvalue weighted by Gasteiger charge is 2.25. The van der Waals surface area contributed by atoms with Crippen molar-refractivity contribution in [2.24, 2.45) is 7.05 Å². The van der Waals surface area contributed by atoms with Crippen LogP contribution in [-0.4, -0.2) is 59.6 Å². The van der Waals surface area contributed by atoms with E-state index in [0.717, 1.165) is 43.5 Å². The van der Waals surface area contributed by atoms with Crippen LogP contribution in [0.3, 0.4) is 0 Å². The lowest BCUT2D eigenvalue weighted by Gasteiger charge is -2.21. The Labute approximate surface area is 160 Å². The summed E-state index contributed by atoms with van der Waals surface area (Å²) >= 11 is 0. The maximum atomic E-state index is 12.6. The molecular weight excluding hydrogens is 342 g/mol. The molecule has 6 nitrogen and oxygen atoms in total. The molecule has 0 N–H and O–H groups in total. The van der Waals surface area contributed by atoms with E-state index in [4.69, 9.17) is 14.6 Å². The first-order chi connectivity index (χ1) is 13.2. The third kappa shape index (κ3) is 4.06. The number of hydrogen-bond donors (Lipinski definition) is 0. The SMILES string of the molecule is Cn1nc(-c2ccccc2)c2c1CCN(C(=O)COCC1CCCO1)CC2. The minimum absolute atomic E-state index is 0.0648. The van der Waals surface area contributed by atoms with E-state index >= 15 is 0 Å². The second kappa shape index (κ2) is 8.23. The monoisotopic (exact) mass is 369 g/mol. The molecule has 3 heterocycles. The smallest absolute Gasteiger partial charge is 0.248 e. The number of rotatable bonds is 5. The highest BCUT2D eigenvalue weighted by Crippen LogP contribution is 2.27. The zero-order valence-corrected chi connectivity index (χ0v) is 15.9. The summed E-state index contributed by atoms with van der Waals surface area (Å²) in [7, 11) is 1.99. The Morgan fingerprint density at radius 3 is 2.85 bits per heavy atom. The quantitative estimate of drug-likeness (QED) is 0.811. The molecule has 2 aromatic rings. The minimum atomic E-state index is 0.0648. The van der Waals surface area contributed by atoms with Gasteiger partial charge in [0, 0.05) is 50.0 Å². The van der Waals surface area contributed by atoms with Crippen molar-refractivity contribution in [2.75, 3.05) is 32.9 Å². The zero-order valence-electron chi connectivity index (χ0n) is 15.9. The summed E-state index contributed by atoms with van der Waals surface area (Å²) < 4.78 is 13.1. The number of aryl methyl sites for hydroxylation is 1. The van der Waals surface area contributed by atoms with Gasteiger partial charge in [-0.3, -0.25) is 9.48 Å². The lowest BCUT2D eigenvalue weighted by Crippen LogP contribution is -2.36. The van der Waals surface area contributed by atoms with Gasteiger partial charge in [0.25, 0.3) is 0 Å². The van der Waals surface area contributed by atoms with E-state index < -0.39 is 0 Å². The van der Waals surface area contributed by atoms with Crippen LogP contribution in [0.1, 0.15) is 24.1 Å². The topological polar surface area (TPSA) is 56.6 Å². The van der Waals surface area contributed by atoms with E-state index in [0.29, 0.717) is 19.7 Å². The molecule has 6 heteroatoms. The molecule has 1 aromatic carbocycles. The van der Waals surface area contributed by atoms with Gasteiger partial charge in [0.05, 0.1) is 18.4 Å². The first-order valence-electron chi connectivity index (χ1n) is 9.79. The van der Waals surface area contributed by atoms with Gasteiger partial charge in [0.15, 0.2) is 0 Å². The fourth-order valence-corrected chi connectivity index (χ4v) is 4.00. The molecule has 2 aliphatic rings. The van der Waals surface area contributed by atoms with E-state index in [1.165, 1.54) is 11.3 Å². The molecule has 4 rings (SSSR count). The van der Waals surface area contributed by atoms with Crippen molar-refractivity contribution in [2.45, 2.75) is 31.8 Å². The van der Waals surface area contributed by atoms with E-state index in [-0.39, 0.29) is 18.6 Å². The van der Waals surface area contributed by atoms with Crippen molar-refractivity contribution in [3.05, 3.63) is 41.6 Å². The molecule has 27 heavy (non-hydrogen) atoms. The number of carbonyl (C=O) groups is 1. The fourth-order valence-electron chi connectivity index (χ4n) is 4.00. The Kier molecular flexibility index (Phi) is 5.55. The van der Waals surface area contributed by atoms with Gasteiger partial charge in [0.2, 0.25) is 5.91 Å². The van der Waals surface area contributed by atoms with Crippen LogP contribution in [0.2, 0.25) is 0 Å². The van der Waals surface area contributed by atoms with Crippen molar-refractivity contribution < 1.29 is 14.3 Å². The molecule has 1 saturated heterocycles. The maximum absolute atomic E-state index is 12.6. The molecule has 1 unspecified atom stereocenters. The maximum Gasteiger partial charge on any atom is 0.248 e. The molecule has 0 saturated carbocycles. The molecule has 0 radical (unpaired) electrons. The zero-order chi connectivity index (χ0) is 18.6. The average Bonchev–Trinajstić information content (AvgIpc) is 3.24. The van der Waals surface area contributed by atoms with Gasteiger partial charge in [-0.1, -0.05) is 30.3 Å². The summed E-state index contributed by atoms with van der Waals surface area (Å²) in [6.07, 6.45) is 3.92. The van der Waals surface area contributed by atoms with Gasteiger partial charge >= 0.3 is 0 Å². The number of aromatic nitrogens is 2. The van der Waals surface area contributed by atoms with Gasteiger partial charge < -0.3 is 14.4 Å². The van der Waals surface area contributed by atoms with Crippen LogP contribution in [0.4, 0.5) is 0 Å². The molecule has 2 aliphatic heterocycles. The highest BCUT2D eigenvalue weighted by atomic mass is 16.5. The van der Waals surface area contributed by atoms with Crippen LogP contribution in [0.15, 0.2) is 30.3 Å². The molecule has 1 fully saturated rings. The Morgan fingerprint density at radius 1 is 1.26 bits per heavy atom. The molecule has 144 valence electrons. The fraction of sp³-hybridized carbons (Fsp3) is 0.524. The summed E-state index contributed by atoms with van der Waals surface area (Å²) in [5, 5.41) is 4.74. The van der Waals surface area contributed by atoms with Gasteiger partial charge in [-0.2, -0.15) is 5.10 Å². The molecular formula is C21H27N3O3. The summed E-state index contributed by atoms with van der Waals surface area (Å²) in [6, 6.07) is 10.3. The van der Waals surface area contributed by atoms with Crippen LogP contribution in [0.25, 0.3) is 11.3 Å². The second-order valence-corrected chi connectivity index (χ2v) is 7.29. The van der Waals surface area contributed by atoms with Crippen LogP contribution >= 0.6 is 0 Å². The number of ether oxygens (including phenoxy) is 2. The number of carbonyl (C=O) groups excluding carboxylic acids is 1. The molecule has 0 aliphatic carbocycles. The summed E-state index contributed by atoms with van der Waals surface area (Å²) in [6.45, 7) is 2.88. The Bertz CT molecular complexity index is 781. The second-order valence-electron chi connectivity index (χ2n) is 7.29. The van der Waals surface area contributed by atoms with Gasteiger partial charge in [-0.25, -0.2) is 0 Å². The highest BCUT2D eigenvalue weighted by molar-refractivity contribution is 5.77. The molecule has 1 aromatic heterocycles. The molecule has 0 spiro atoms. The Hall–Kier alpha value is -2.18. The molecule has 1 amide bonds. The van der Waals surface area contributed by atoms with Crippen molar-refractivity contribution in [3.8, 4) is 11.3 Å². The Morgan fingerprint density at radius 2 is 2.07 bits per heavy atom. The van der Waals surface area contributed by atoms with Crippen LogP contribution < -0.4 is 0 Å². The number of fused-ring (bicyclic) bond motifs is 1. The number of nitrogens with zero attached hydrogens (tertiary/aromatic N) is 3. The van der Waals surface area contributed by atoms with Gasteiger partial charge in [-0.05, 0) is 19.3 Å². The van der Waals surface area contributed by atoms with Crippen LogP contribution in [-0.2, 0) is 34.2 Å². The van der Waals surface area contributed by atoms with Gasteiger partial charge in [-0.15, -0.1) is 0 Å². The van der Waals surface area contributed by atoms with Gasteiger partial charge in [0.1, 0.15) is 6.61 Å². The first-order valence-corrected chi connectivity index (χ1v) is 9.79. The summed E-state index contributed by atoms with van der Waals surface area (Å²) in [4.78, 5) is 14.5. The van der Waals surface area contributed by atoms with Crippen molar-refractivity contribution in [1.29, 1.82) is 0 Å². The molecule has 1 atom stereocenters. The largest absolute Gasteiger partial charge is 0.376 e.